The van der Waals surface area contributed by atoms with Crippen LogP contribution in [0.2, 0.25) is 0 Å². The standard InChI is InChI=1S/C7H13NO4/c1-3-11-6(9)5(8)7(10)12-4-2/h9H,3-4,8H2,1-2H3/p-1/b6-5+. The Hall–Kier alpha value is -1.39. The lowest BCUT2D eigenvalue weighted by molar-refractivity contribution is -0.358. The minimum absolute atomic E-state index is 0.180. The zero-order valence-corrected chi connectivity index (χ0v) is 7.12. The van der Waals surface area contributed by atoms with Gasteiger partial charge >= 0.3 is 5.97 Å². The minimum atomic E-state index is -0.837. The Morgan fingerprint density at radius 2 is 1.83 bits per heavy atom. The van der Waals surface area contributed by atoms with E-state index >= 15 is 0 Å². The van der Waals surface area contributed by atoms with Gasteiger partial charge in [0.15, 0.2) is 0 Å². The van der Waals surface area contributed by atoms with Crippen LogP contribution < -0.4 is 10.8 Å². The summed E-state index contributed by atoms with van der Waals surface area (Å²) in [5.41, 5.74) is 4.59. The summed E-state index contributed by atoms with van der Waals surface area (Å²) >= 11 is 0. The van der Waals surface area contributed by atoms with E-state index in [1.54, 1.807) is 13.8 Å². The van der Waals surface area contributed by atoms with Crippen molar-refractivity contribution in [3.63, 3.8) is 0 Å². The van der Waals surface area contributed by atoms with Crippen LogP contribution >= 0.6 is 0 Å². The van der Waals surface area contributed by atoms with Gasteiger partial charge in [-0.2, -0.15) is 0 Å². The lowest BCUT2D eigenvalue weighted by Gasteiger charge is -2.14. The summed E-state index contributed by atoms with van der Waals surface area (Å²) in [5.74, 6) is -1.67. The number of ether oxygens (including phenoxy) is 2. The molecule has 5 nitrogen and oxygen atoms in total. The van der Waals surface area contributed by atoms with E-state index in [0.29, 0.717) is 0 Å². The summed E-state index contributed by atoms with van der Waals surface area (Å²) in [6.07, 6.45) is 0. The first-order chi connectivity index (χ1) is 5.63. The summed E-state index contributed by atoms with van der Waals surface area (Å²) in [6, 6.07) is 0. The van der Waals surface area contributed by atoms with E-state index in [9.17, 15) is 9.90 Å². The van der Waals surface area contributed by atoms with Crippen LogP contribution in [-0.4, -0.2) is 19.2 Å². The molecule has 0 rings (SSSR count). The summed E-state index contributed by atoms with van der Waals surface area (Å²) < 4.78 is 8.94. The van der Waals surface area contributed by atoms with Crippen LogP contribution in [0.3, 0.4) is 0 Å². The molecule has 12 heavy (non-hydrogen) atoms. The molecular weight excluding hydrogens is 162 g/mol. The molecule has 0 saturated heterocycles. The average Bonchev–Trinajstić information content (AvgIpc) is 2.04. The third-order valence-electron chi connectivity index (χ3n) is 0.991. The molecular formula is C7H12NO4-. The summed E-state index contributed by atoms with van der Waals surface area (Å²) in [4.78, 5) is 10.8. The van der Waals surface area contributed by atoms with E-state index in [0.717, 1.165) is 0 Å². The van der Waals surface area contributed by atoms with E-state index in [2.05, 4.69) is 9.47 Å². The van der Waals surface area contributed by atoms with Crippen molar-refractivity contribution in [1.82, 2.24) is 0 Å². The van der Waals surface area contributed by atoms with Crippen molar-refractivity contribution in [2.24, 2.45) is 5.73 Å². The number of hydrogen-bond donors (Lipinski definition) is 1. The Kier molecular flexibility index (Phi) is 4.67. The monoisotopic (exact) mass is 174 g/mol. The average molecular weight is 174 g/mol. The smallest absolute Gasteiger partial charge is 0.356 e. The molecule has 0 aromatic carbocycles. The molecule has 2 N–H and O–H groups in total. The molecule has 0 amide bonds. The molecule has 0 aromatic heterocycles. The second-order valence-electron chi connectivity index (χ2n) is 1.85. The Morgan fingerprint density at radius 1 is 1.33 bits per heavy atom. The Labute approximate surface area is 70.8 Å². The van der Waals surface area contributed by atoms with Gasteiger partial charge < -0.3 is 20.3 Å². The highest BCUT2D eigenvalue weighted by Gasteiger charge is 2.06. The molecule has 0 atom stereocenters. The van der Waals surface area contributed by atoms with Crippen molar-refractivity contribution in [2.45, 2.75) is 13.8 Å². The first-order valence-electron chi connectivity index (χ1n) is 3.60. The molecule has 0 spiro atoms. The first kappa shape index (κ1) is 10.6. The van der Waals surface area contributed by atoms with Crippen LogP contribution in [0, 0.1) is 0 Å². The van der Waals surface area contributed by atoms with Gasteiger partial charge in [-0.3, -0.25) is 0 Å². The van der Waals surface area contributed by atoms with E-state index in [-0.39, 0.29) is 13.2 Å². The van der Waals surface area contributed by atoms with Crippen LogP contribution in [0.25, 0.3) is 0 Å². The lowest BCUT2D eigenvalue weighted by Crippen LogP contribution is -2.23. The van der Waals surface area contributed by atoms with E-state index < -0.39 is 17.6 Å². The molecule has 0 saturated carbocycles. The predicted octanol–water partition coefficient (Wildman–Crippen LogP) is -0.926. The fourth-order valence-electron chi connectivity index (χ4n) is 0.501. The van der Waals surface area contributed by atoms with Crippen molar-refractivity contribution in [1.29, 1.82) is 0 Å². The van der Waals surface area contributed by atoms with Crippen molar-refractivity contribution in [3.8, 4) is 0 Å². The van der Waals surface area contributed by atoms with Gasteiger partial charge in [-0.25, -0.2) is 4.79 Å². The van der Waals surface area contributed by atoms with Gasteiger partial charge in [0.2, 0.25) is 0 Å². The van der Waals surface area contributed by atoms with Crippen LogP contribution in [0.4, 0.5) is 0 Å². The molecule has 0 heterocycles. The highest BCUT2D eigenvalue weighted by Crippen LogP contribution is 1.95. The second-order valence-corrected chi connectivity index (χ2v) is 1.85. The maximum Gasteiger partial charge on any atom is 0.356 e. The van der Waals surface area contributed by atoms with E-state index in [1.807, 2.05) is 0 Å². The predicted molar refractivity (Wildman–Crippen MR) is 39.5 cm³/mol. The lowest BCUT2D eigenvalue weighted by atomic mass is 10.5. The molecule has 0 aliphatic heterocycles. The highest BCUT2D eigenvalue weighted by molar-refractivity contribution is 5.87. The largest absolute Gasteiger partial charge is 0.612 e. The fourth-order valence-corrected chi connectivity index (χ4v) is 0.501. The van der Waals surface area contributed by atoms with E-state index in [4.69, 9.17) is 5.73 Å². The highest BCUT2D eigenvalue weighted by atomic mass is 16.6. The number of rotatable bonds is 4. The Bertz CT molecular complexity index is 188. The maximum atomic E-state index is 10.8. The summed E-state index contributed by atoms with van der Waals surface area (Å²) in [5, 5.41) is 10.8. The van der Waals surface area contributed by atoms with Gasteiger partial charge in [0, 0.05) is 0 Å². The van der Waals surface area contributed by atoms with Crippen molar-refractivity contribution >= 4 is 5.97 Å². The maximum absolute atomic E-state index is 10.8. The van der Waals surface area contributed by atoms with Crippen molar-refractivity contribution in [2.75, 3.05) is 13.2 Å². The van der Waals surface area contributed by atoms with Crippen LogP contribution in [-0.2, 0) is 14.3 Å². The fraction of sp³-hybridized carbons (Fsp3) is 0.571. The quantitative estimate of drug-likeness (QED) is 0.338. The topological polar surface area (TPSA) is 84.6 Å². The normalized spacial score (nSPS) is 11.8. The third kappa shape index (κ3) is 3.14. The zero-order valence-electron chi connectivity index (χ0n) is 7.12. The number of esters is 1. The molecule has 0 aliphatic rings. The number of carbonyl (C=O) groups excluding carboxylic acids is 1. The minimum Gasteiger partial charge on any atom is -0.612 e. The second kappa shape index (κ2) is 5.29. The van der Waals surface area contributed by atoms with Gasteiger partial charge in [-0.15, -0.1) is 0 Å². The third-order valence-corrected chi connectivity index (χ3v) is 0.991. The van der Waals surface area contributed by atoms with Gasteiger partial charge in [0.25, 0.3) is 0 Å². The van der Waals surface area contributed by atoms with Gasteiger partial charge in [-0.05, 0) is 13.5 Å². The molecule has 0 radical (unpaired) electrons. The molecule has 0 bridgehead atoms. The molecule has 70 valence electrons. The summed E-state index contributed by atoms with van der Waals surface area (Å²) in [6.45, 7) is 3.60. The molecule has 0 fully saturated rings. The number of hydrogen-bond acceptors (Lipinski definition) is 5. The summed E-state index contributed by atoms with van der Waals surface area (Å²) in [7, 11) is 0. The molecule has 0 unspecified atom stereocenters. The van der Waals surface area contributed by atoms with Crippen LogP contribution in [0.15, 0.2) is 11.6 Å². The molecule has 5 heteroatoms. The molecule has 0 aromatic rings. The zero-order chi connectivity index (χ0) is 9.56. The first-order valence-corrected chi connectivity index (χ1v) is 3.60. The Balaban J connectivity index is 4.22. The van der Waals surface area contributed by atoms with E-state index in [1.165, 1.54) is 0 Å². The number of nitrogens with two attached hydrogens (primary N) is 1. The van der Waals surface area contributed by atoms with Gasteiger partial charge in [0.1, 0.15) is 5.70 Å². The van der Waals surface area contributed by atoms with Crippen LogP contribution in [0.1, 0.15) is 13.8 Å². The van der Waals surface area contributed by atoms with Crippen LogP contribution in [0.5, 0.6) is 0 Å². The van der Waals surface area contributed by atoms with Crippen molar-refractivity contribution in [3.05, 3.63) is 11.6 Å². The Morgan fingerprint density at radius 3 is 2.25 bits per heavy atom. The molecule has 0 aliphatic carbocycles. The van der Waals surface area contributed by atoms with Gasteiger partial charge in [-0.1, -0.05) is 6.92 Å². The van der Waals surface area contributed by atoms with Crippen molar-refractivity contribution < 1.29 is 19.4 Å². The SMILES string of the molecule is CCOC(=O)/C(N)=C(/[O-])OCC. The number of carbonyl (C=O) groups is 1. The van der Waals surface area contributed by atoms with Gasteiger partial charge in [0.05, 0.1) is 12.6 Å².